The highest BCUT2D eigenvalue weighted by atomic mass is 16.5. The van der Waals surface area contributed by atoms with Crippen LogP contribution in [0, 0.1) is 12.8 Å². The number of aryl methyl sites for hydroxylation is 1. The molecule has 0 N–H and O–H groups in total. The Morgan fingerprint density at radius 2 is 1.93 bits per heavy atom. The van der Waals surface area contributed by atoms with Crippen molar-refractivity contribution >= 4 is 0 Å². The number of methoxy groups -OCH3 is 1. The Bertz CT molecular complexity index is 753. The highest BCUT2D eigenvalue weighted by molar-refractivity contribution is 5.36. The number of hydrogen-bond acceptors (Lipinski definition) is 2. The molecule has 2 aromatic carbocycles. The third kappa shape index (κ3) is 3.91. The van der Waals surface area contributed by atoms with E-state index in [1.807, 2.05) is 0 Å². The average molecular weight is 364 g/mol. The van der Waals surface area contributed by atoms with Gasteiger partial charge in [-0.05, 0) is 68.3 Å². The predicted octanol–water partition coefficient (Wildman–Crippen LogP) is 5.38. The van der Waals surface area contributed by atoms with Gasteiger partial charge in [0.25, 0.3) is 0 Å². The maximum absolute atomic E-state index is 5.53. The number of piperidine rings is 1. The quantitative estimate of drug-likeness (QED) is 0.707. The first-order valence-corrected chi connectivity index (χ1v) is 10.6. The number of rotatable bonds is 5. The minimum absolute atomic E-state index is 0.368. The summed E-state index contributed by atoms with van der Waals surface area (Å²) >= 11 is 0. The molecule has 4 rings (SSSR count). The molecular formula is C25H33NO. The number of ether oxygens (including phenoxy) is 1. The Hall–Kier alpha value is -1.80. The van der Waals surface area contributed by atoms with Crippen LogP contribution in [0.2, 0.25) is 0 Å². The van der Waals surface area contributed by atoms with E-state index in [1.165, 1.54) is 74.8 Å². The molecule has 2 aliphatic rings. The van der Waals surface area contributed by atoms with Crippen LogP contribution in [0.3, 0.4) is 0 Å². The van der Waals surface area contributed by atoms with E-state index in [2.05, 4.69) is 60.4 Å². The molecule has 0 unspecified atom stereocenters. The molecule has 0 bridgehead atoms. The van der Waals surface area contributed by atoms with E-state index in [4.69, 9.17) is 4.74 Å². The van der Waals surface area contributed by atoms with Gasteiger partial charge in [0.15, 0.2) is 0 Å². The molecule has 1 aliphatic carbocycles. The fourth-order valence-electron chi connectivity index (χ4n) is 5.37. The van der Waals surface area contributed by atoms with Gasteiger partial charge < -0.3 is 9.64 Å². The van der Waals surface area contributed by atoms with Gasteiger partial charge in [-0.15, -0.1) is 0 Å². The number of likely N-dealkylation sites (tertiary alicyclic amines) is 1. The van der Waals surface area contributed by atoms with E-state index >= 15 is 0 Å². The molecule has 0 spiro atoms. The maximum Gasteiger partial charge on any atom is 0.119 e. The van der Waals surface area contributed by atoms with Crippen LogP contribution in [-0.2, 0) is 11.8 Å². The summed E-state index contributed by atoms with van der Waals surface area (Å²) in [5.41, 5.74) is 4.70. The molecule has 2 fully saturated rings. The molecule has 144 valence electrons. The second-order valence-corrected chi connectivity index (χ2v) is 8.62. The molecule has 1 heterocycles. The van der Waals surface area contributed by atoms with Crippen LogP contribution in [0.5, 0.6) is 5.75 Å². The SMILES string of the molecule is COc1cccc([C@]23CCCC[C@@H]2CN(CCc2ccc(C)cc2)CC3)c1. The van der Waals surface area contributed by atoms with Gasteiger partial charge in [-0.2, -0.15) is 0 Å². The van der Waals surface area contributed by atoms with Gasteiger partial charge in [0.2, 0.25) is 0 Å². The van der Waals surface area contributed by atoms with Crippen LogP contribution in [0.25, 0.3) is 0 Å². The van der Waals surface area contributed by atoms with Gasteiger partial charge in [-0.25, -0.2) is 0 Å². The summed E-state index contributed by atoms with van der Waals surface area (Å²) < 4.78 is 5.53. The Balaban J connectivity index is 1.46. The summed E-state index contributed by atoms with van der Waals surface area (Å²) in [7, 11) is 1.78. The van der Waals surface area contributed by atoms with Gasteiger partial charge >= 0.3 is 0 Å². The fourth-order valence-corrected chi connectivity index (χ4v) is 5.37. The molecule has 1 saturated heterocycles. The molecule has 2 aromatic rings. The summed E-state index contributed by atoms with van der Waals surface area (Å²) in [6.45, 7) is 5.83. The lowest BCUT2D eigenvalue weighted by Gasteiger charge is -2.51. The third-order valence-corrected chi connectivity index (χ3v) is 7.04. The van der Waals surface area contributed by atoms with Crippen molar-refractivity contribution in [2.45, 2.75) is 50.9 Å². The Labute approximate surface area is 164 Å². The summed E-state index contributed by atoms with van der Waals surface area (Å²) in [6.07, 6.45) is 7.94. The lowest BCUT2D eigenvalue weighted by Crippen LogP contribution is -2.51. The Morgan fingerprint density at radius 3 is 2.74 bits per heavy atom. The molecule has 1 saturated carbocycles. The van der Waals surface area contributed by atoms with Crippen molar-refractivity contribution in [1.82, 2.24) is 4.90 Å². The van der Waals surface area contributed by atoms with E-state index in [0.717, 1.165) is 11.7 Å². The number of fused-ring (bicyclic) bond motifs is 1. The molecular weight excluding hydrogens is 330 g/mol. The largest absolute Gasteiger partial charge is 0.497 e. The number of hydrogen-bond donors (Lipinski definition) is 0. The van der Waals surface area contributed by atoms with Gasteiger partial charge in [0.1, 0.15) is 5.75 Å². The lowest BCUT2D eigenvalue weighted by molar-refractivity contribution is 0.0568. The standard InChI is InChI=1S/C25H33NO/c1-20-9-11-21(12-10-20)13-16-26-17-15-25(14-4-3-6-23(25)19-26)22-7-5-8-24(18-22)27-2/h5,7-12,18,23H,3-4,6,13-17,19H2,1-2H3/t23-,25-/m1/s1. The molecule has 0 aromatic heterocycles. The summed E-state index contributed by atoms with van der Waals surface area (Å²) in [5.74, 6) is 1.79. The second kappa shape index (κ2) is 8.06. The number of benzene rings is 2. The van der Waals surface area contributed by atoms with E-state index in [9.17, 15) is 0 Å². The van der Waals surface area contributed by atoms with E-state index < -0.39 is 0 Å². The Kier molecular flexibility index (Phi) is 5.54. The van der Waals surface area contributed by atoms with Gasteiger partial charge in [-0.3, -0.25) is 0 Å². The first-order valence-electron chi connectivity index (χ1n) is 10.6. The molecule has 1 aliphatic heterocycles. The van der Waals surface area contributed by atoms with Crippen LogP contribution in [0.4, 0.5) is 0 Å². The van der Waals surface area contributed by atoms with Crippen LogP contribution in [-0.4, -0.2) is 31.6 Å². The monoisotopic (exact) mass is 363 g/mol. The zero-order chi connectivity index (χ0) is 18.7. The highest BCUT2D eigenvalue weighted by Gasteiger charge is 2.45. The van der Waals surface area contributed by atoms with Crippen molar-refractivity contribution in [3.8, 4) is 5.75 Å². The normalized spacial score (nSPS) is 25.8. The smallest absolute Gasteiger partial charge is 0.119 e. The van der Waals surface area contributed by atoms with Gasteiger partial charge in [-0.1, -0.05) is 54.8 Å². The second-order valence-electron chi connectivity index (χ2n) is 8.62. The third-order valence-electron chi connectivity index (χ3n) is 7.04. The maximum atomic E-state index is 5.53. The van der Waals surface area contributed by atoms with Gasteiger partial charge in [0, 0.05) is 18.5 Å². The van der Waals surface area contributed by atoms with Gasteiger partial charge in [0.05, 0.1) is 7.11 Å². The summed E-state index contributed by atoms with van der Waals surface area (Å²) in [4.78, 5) is 2.72. The zero-order valence-electron chi connectivity index (χ0n) is 16.9. The van der Waals surface area contributed by atoms with E-state index in [1.54, 1.807) is 7.11 Å². The Morgan fingerprint density at radius 1 is 1.07 bits per heavy atom. The minimum Gasteiger partial charge on any atom is -0.497 e. The first kappa shape index (κ1) is 18.6. The van der Waals surface area contributed by atoms with E-state index in [-0.39, 0.29) is 0 Å². The van der Waals surface area contributed by atoms with Crippen LogP contribution in [0.15, 0.2) is 48.5 Å². The summed E-state index contributed by atoms with van der Waals surface area (Å²) in [5, 5.41) is 0. The van der Waals surface area contributed by atoms with Crippen LogP contribution >= 0.6 is 0 Å². The molecule has 2 heteroatoms. The van der Waals surface area contributed by atoms with Crippen molar-refractivity contribution in [1.29, 1.82) is 0 Å². The van der Waals surface area contributed by atoms with Crippen molar-refractivity contribution < 1.29 is 4.74 Å². The van der Waals surface area contributed by atoms with Crippen LogP contribution < -0.4 is 4.74 Å². The topological polar surface area (TPSA) is 12.5 Å². The first-order chi connectivity index (χ1) is 13.2. The van der Waals surface area contributed by atoms with E-state index in [0.29, 0.717) is 5.41 Å². The molecule has 2 atom stereocenters. The number of nitrogens with zero attached hydrogens (tertiary/aromatic N) is 1. The predicted molar refractivity (Wildman–Crippen MR) is 113 cm³/mol. The van der Waals surface area contributed by atoms with Crippen molar-refractivity contribution in [3.63, 3.8) is 0 Å². The van der Waals surface area contributed by atoms with Crippen molar-refractivity contribution in [2.75, 3.05) is 26.7 Å². The fraction of sp³-hybridized carbons (Fsp3) is 0.520. The lowest BCUT2D eigenvalue weighted by atomic mass is 9.59. The molecule has 0 radical (unpaired) electrons. The van der Waals surface area contributed by atoms with Crippen molar-refractivity contribution in [3.05, 3.63) is 65.2 Å². The molecule has 0 amide bonds. The van der Waals surface area contributed by atoms with Crippen molar-refractivity contribution in [2.24, 2.45) is 5.92 Å². The molecule has 27 heavy (non-hydrogen) atoms. The average Bonchev–Trinajstić information content (AvgIpc) is 2.73. The zero-order valence-corrected chi connectivity index (χ0v) is 16.9. The highest BCUT2D eigenvalue weighted by Crippen LogP contribution is 2.49. The molecule has 2 nitrogen and oxygen atoms in total. The van der Waals surface area contributed by atoms with Crippen LogP contribution in [0.1, 0.15) is 48.8 Å². The summed E-state index contributed by atoms with van der Waals surface area (Å²) in [6, 6.07) is 18.0. The minimum atomic E-state index is 0.368.